The Kier molecular flexibility index (Phi) is 7.33. The molecule has 0 radical (unpaired) electrons. The first kappa shape index (κ1) is 21.9. The third kappa shape index (κ3) is 6.12. The molecule has 2 aromatic carbocycles. The van der Waals surface area contributed by atoms with E-state index in [0.29, 0.717) is 13.2 Å². The lowest BCUT2D eigenvalue weighted by atomic mass is 10.0. The predicted octanol–water partition coefficient (Wildman–Crippen LogP) is 4.88. The summed E-state index contributed by atoms with van der Waals surface area (Å²) < 4.78 is 20.1. The lowest BCUT2D eigenvalue weighted by molar-refractivity contribution is -0.180. The second-order valence-electron chi connectivity index (χ2n) is 8.05. The van der Waals surface area contributed by atoms with Gasteiger partial charge in [0.2, 0.25) is 0 Å². The van der Waals surface area contributed by atoms with Crippen LogP contribution in [0.4, 0.5) is 0 Å². The predicted molar refractivity (Wildman–Crippen MR) is 124 cm³/mol. The fourth-order valence-corrected chi connectivity index (χ4v) is 4.85. The largest absolute Gasteiger partial charge is 0.497 e. The van der Waals surface area contributed by atoms with E-state index in [9.17, 15) is 0 Å². The molecule has 1 aliphatic heterocycles. The van der Waals surface area contributed by atoms with Crippen LogP contribution in [0.2, 0.25) is 0 Å². The molecule has 1 aliphatic rings. The minimum atomic E-state index is -0.630. The van der Waals surface area contributed by atoms with E-state index in [1.807, 2.05) is 41.0 Å². The smallest absolute Gasteiger partial charge is 0.187 e. The number of thioether (sulfide) groups is 1. The van der Waals surface area contributed by atoms with Crippen LogP contribution in [-0.4, -0.2) is 40.9 Å². The highest BCUT2D eigenvalue weighted by Gasteiger charge is 2.41. The van der Waals surface area contributed by atoms with Crippen molar-refractivity contribution < 1.29 is 14.2 Å². The van der Waals surface area contributed by atoms with Crippen LogP contribution in [0, 0.1) is 6.92 Å². The van der Waals surface area contributed by atoms with Gasteiger partial charge in [-0.15, -0.1) is 0 Å². The Bertz CT molecular complexity index is 946. The van der Waals surface area contributed by atoms with Gasteiger partial charge in [-0.25, -0.2) is 4.98 Å². The number of aryl methyl sites for hydroxylation is 2. The third-order valence-corrected chi connectivity index (χ3v) is 6.65. The van der Waals surface area contributed by atoms with Crippen molar-refractivity contribution in [3.63, 3.8) is 0 Å². The SMILES string of the molecule is COc1ccc(CCC2(Cn3ccnc3)OCC(CSCc3cccc(C)c3)O2)cc1. The maximum atomic E-state index is 6.53. The van der Waals surface area contributed by atoms with E-state index >= 15 is 0 Å². The Hall–Kier alpha value is -2.28. The number of ether oxygens (including phenoxy) is 3. The highest BCUT2D eigenvalue weighted by molar-refractivity contribution is 7.98. The van der Waals surface area contributed by atoms with Gasteiger partial charge in [0.15, 0.2) is 5.79 Å². The maximum absolute atomic E-state index is 6.53. The molecule has 2 heterocycles. The Morgan fingerprint density at radius 2 is 2.06 bits per heavy atom. The van der Waals surface area contributed by atoms with Gasteiger partial charge >= 0.3 is 0 Å². The molecule has 4 rings (SSSR count). The summed E-state index contributed by atoms with van der Waals surface area (Å²) in [5.41, 5.74) is 3.90. The Morgan fingerprint density at radius 3 is 2.81 bits per heavy atom. The average Bonchev–Trinajstić information content (AvgIpc) is 3.43. The normalized spacial score (nSPS) is 20.8. The molecule has 164 valence electrons. The molecule has 0 N–H and O–H groups in total. The van der Waals surface area contributed by atoms with Gasteiger partial charge in [-0.05, 0) is 36.6 Å². The van der Waals surface area contributed by atoms with Crippen molar-refractivity contribution >= 4 is 11.8 Å². The van der Waals surface area contributed by atoms with E-state index in [1.54, 1.807) is 13.3 Å². The van der Waals surface area contributed by atoms with E-state index in [0.717, 1.165) is 30.1 Å². The van der Waals surface area contributed by atoms with Crippen molar-refractivity contribution in [1.82, 2.24) is 9.55 Å². The Morgan fingerprint density at radius 1 is 1.19 bits per heavy atom. The molecule has 0 amide bonds. The quantitative estimate of drug-likeness (QED) is 0.452. The van der Waals surface area contributed by atoms with Crippen molar-refractivity contribution in [1.29, 1.82) is 0 Å². The first-order valence-electron chi connectivity index (χ1n) is 10.7. The monoisotopic (exact) mass is 438 g/mol. The van der Waals surface area contributed by atoms with Gasteiger partial charge in [-0.3, -0.25) is 0 Å². The minimum absolute atomic E-state index is 0.0918. The van der Waals surface area contributed by atoms with Gasteiger partial charge in [0.1, 0.15) is 5.75 Å². The van der Waals surface area contributed by atoms with Crippen molar-refractivity contribution in [3.8, 4) is 5.75 Å². The molecule has 1 aromatic heterocycles. The topological polar surface area (TPSA) is 45.5 Å². The summed E-state index contributed by atoms with van der Waals surface area (Å²) in [6, 6.07) is 16.9. The van der Waals surface area contributed by atoms with E-state index in [4.69, 9.17) is 14.2 Å². The molecule has 3 aromatic rings. The summed E-state index contributed by atoms with van der Waals surface area (Å²) in [7, 11) is 1.69. The standard InChI is InChI=1S/C25H30N2O3S/c1-20-4-3-5-22(14-20)16-31-17-24-15-29-25(30-24,18-27-13-12-26-19-27)11-10-21-6-8-23(28-2)9-7-21/h3-9,12-14,19,24H,10-11,15-18H2,1-2H3. The fourth-order valence-electron chi connectivity index (χ4n) is 3.89. The van der Waals surface area contributed by atoms with Crippen LogP contribution in [0.15, 0.2) is 67.3 Å². The van der Waals surface area contributed by atoms with Gasteiger partial charge in [0, 0.05) is 30.3 Å². The van der Waals surface area contributed by atoms with Gasteiger partial charge in [0.05, 0.1) is 32.7 Å². The maximum Gasteiger partial charge on any atom is 0.187 e. The van der Waals surface area contributed by atoms with E-state index in [2.05, 4.69) is 48.3 Å². The van der Waals surface area contributed by atoms with Crippen LogP contribution >= 0.6 is 11.8 Å². The number of nitrogens with zero attached hydrogens (tertiary/aromatic N) is 2. The molecule has 0 saturated carbocycles. The number of hydrogen-bond donors (Lipinski definition) is 0. The number of rotatable bonds is 10. The van der Waals surface area contributed by atoms with Crippen molar-refractivity contribution in [2.45, 2.75) is 44.0 Å². The van der Waals surface area contributed by atoms with Gasteiger partial charge in [-0.1, -0.05) is 42.0 Å². The number of imidazole rings is 1. The molecule has 0 bridgehead atoms. The zero-order valence-corrected chi connectivity index (χ0v) is 19.0. The zero-order chi connectivity index (χ0) is 21.5. The molecule has 0 spiro atoms. The van der Waals surface area contributed by atoms with E-state index in [-0.39, 0.29) is 6.10 Å². The third-order valence-electron chi connectivity index (χ3n) is 5.50. The number of hydrogen-bond acceptors (Lipinski definition) is 5. The number of aromatic nitrogens is 2. The molecule has 0 aliphatic carbocycles. The van der Waals surface area contributed by atoms with Crippen LogP contribution < -0.4 is 4.74 Å². The van der Waals surface area contributed by atoms with E-state index in [1.165, 1.54) is 16.7 Å². The molecular formula is C25H30N2O3S. The number of methoxy groups -OCH3 is 1. The Balaban J connectivity index is 1.35. The molecule has 2 atom stereocenters. The molecule has 5 nitrogen and oxygen atoms in total. The highest BCUT2D eigenvalue weighted by atomic mass is 32.2. The second kappa shape index (κ2) is 10.4. The summed E-state index contributed by atoms with van der Waals surface area (Å²) in [6.07, 6.45) is 7.33. The molecule has 2 unspecified atom stereocenters. The van der Waals surface area contributed by atoms with Crippen molar-refractivity contribution in [2.75, 3.05) is 19.5 Å². The first-order valence-corrected chi connectivity index (χ1v) is 11.8. The van der Waals surface area contributed by atoms with Crippen molar-refractivity contribution in [2.24, 2.45) is 0 Å². The van der Waals surface area contributed by atoms with Gasteiger partial charge in [-0.2, -0.15) is 11.8 Å². The number of benzene rings is 2. The average molecular weight is 439 g/mol. The summed E-state index contributed by atoms with van der Waals surface area (Å²) in [4.78, 5) is 4.18. The van der Waals surface area contributed by atoms with Gasteiger partial charge in [0.25, 0.3) is 0 Å². The molecule has 31 heavy (non-hydrogen) atoms. The van der Waals surface area contributed by atoms with Crippen LogP contribution in [0.5, 0.6) is 5.75 Å². The summed E-state index contributed by atoms with van der Waals surface area (Å²) >= 11 is 1.90. The second-order valence-corrected chi connectivity index (χ2v) is 9.08. The minimum Gasteiger partial charge on any atom is -0.497 e. The highest BCUT2D eigenvalue weighted by Crippen LogP contribution is 2.32. The lowest BCUT2D eigenvalue weighted by Crippen LogP contribution is -2.37. The molecule has 6 heteroatoms. The zero-order valence-electron chi connectivity index (χ0n) is 18.2. The molecule has 1 saturated heterocycles. The van der Waals surface area contributed by atoms with Crippen LogP contribution in [0.1, 0.15) is 23.1 Å². The summed E-state index contributed by atoms with van der Waals surface area (Å²) in [5, 5.41) is 0. The summed E-state index contributed by atoms with van der Waals surface area (Å²) in [6.45, 7) is 3.40. The van der Waals surface area contributed by atoms with E-state index < -0.39 is 5.79 Å². The summed E-state index contributed by atoms with van der Waals surface area (Å²) in [5.74, 6) is 2.15. The van der Waals surface area contributed by atoms with Gasteiger partial charge < -0.3 is 18.8 Å². The van der Waals surface area contributed by atoms with Crippen LogP contribution in [0.25, 0.3) is 0 Å². The molecule has 1 fully saturated rings. The van der Waals surface area contributed by atoms with Crippen LogP contribution in [0.3, 0.4) is 0 Å². The fraction of sp³-hybridized carbons (Fsp3) is 0.400. The molecular weight excluding hydrogens is 408 g/mol. The van der Waals surface area contributed by atoms with Crippen molar-refractivity contribution in [3.05, 3.63) is 83.9 Å². The van der Waals surface area contributed by atoms with Crippen LogP contribution in [-0.2, 0) is 28.2 Å². The Labute approximate surface area is 188 Å². The lowest BCUT2D eigenvalue weighted by Gasteiger charge is -2.28. The first-order chi connectivity index (χ1) is 15.1.